The zero-order valence-corrected chi connectivity index (χ0v) is 12.3. The summed E-state index contributed by atoms with van der Waals surface area (Å²) in [6, 6.07) is 13.3. The summed E-state index contributed by atoms with van der Waals surface area (Å²) in [5, 5.41) is 5.93. The second kappa shape index (κ2) is 5.72. The molecule has 0 aliphatic heterocycles. The SMILES string of the molecule is COCNCC(C)(C)c1ccc2cc(C)ccc2c1. The lowest BCUT2D eigenvalue weighted by atomic mass is 9.83. The fraction of sp³-hybridized carbons (Fsp3) is 0.412. The summed E-state index contributed by atoms with van der Waals surface area (Å²) < 4.78 is 5.05. The summed E-state index contributed by atoms with van der Waals surface area (Å²) in [6.07, 6.45) is 0. The summed E-state index contributed by atoms with van der Waals surface area (Å²) >= 11 is 0. The van der Waals surface area contributed by atoms with E-state index in [2.05, 4.69) is 62.5 Å². The highest BCUT2D eigenvalue weighted by Gasteiger charge is 2.20. The van der Waals surface area contributed by atoms with Crippen LogP contribution in [0.2, 0.25) is 0 Å². The molecule has 0 bridgehead atoms. The predicted octanol–water partition coefficient (Wildman–Crippen LogP) is 3.62. The fourth-order valence-electron chi connectivity index (χ4n) is 2.35. The van der Waals surface area contributed by atoms with Gasteiger partial charge in [0.2, 0.25) is 0 Å². The van der Waals surface area contributed by atoms with E-state index in [4.69, 9.17) is 4.74 Å². The zero-order chi connectivity index (χ0) is 13.9. The van der Waals surface area contributed by atoms with E-state index in [9.17, 15) is 0 Å². The lowest BCUT2D eigenvalue weighted by Crippen LogP contribution is -2.33. The molecule has 2 aromatic rings. The first-order valence-corrected chi connectivity index (χ1v) is 6.73. The largest absolute Gasteiger partial charge is 0.370 e. The summed E-state index contributed by atoms with van der Waals surface area (Å²) in [4.78, 5) is 0. The molecule has 0 unspecified atom stereocenters. The molecule has 2 nitrogen and oxygen atoms in total. The van der Waals surface area contributed by atoms with Crippen molar-refractivity contribution >= 4 is 10.8 Å². The topological polar surface area (TPSA) is 21.3 Å². The summed E-state index contributed by atoms with van der Waals surface area (Å²) in [6.45, 7) is 8.14. The van der Waals surface area contributed by atoms with Crippen LogP contribution in [0.3, 0.4) is 0 Å². The van der Waals surface area contributed by atoms with Gasteiger partial charge >= 0.3 is 0 Å². The third-order valence-electron chi connectivity index (χ3n) is 3.59. The molecule has 2 rings (SSSR count). The highest BCUT2D eigenvalue weighted by atomic mass is 16.5. The Kier molecular flexibility index (Phi) is 4.23. The smallest absolute Gasteiger partial charge is 0.0961 e. The lowest BCUT2D eigenvalue weighted by molar-refractivity contribution is 0.169. The zero-order valence-electron chi connectivity index (χ0n) is 12.3. The van der Waals surface area contributed by atoms with Gasteiger partial charge < -0.3 is 4.74 Å². The Labute approximate surface area is 115 Å². The Balaban J connectivity index is 2.26. The van der Waals surface area contributed by atoms with Gasteiger partial charge in [-0.1, -0.05) is 55.8 Å². The van der Waals surface area contributed by atoms with Crippen LogP contribution in [-0.4, -0.2) is 20.4 Å². The molecule has 0 amide bonds. The van der Waals surface area contributed by atoms with E-state index in [0.717, 1.165) is 6.54 Å². The number of fused-ring (bicyclic) bond motifs is 1. The first-order valence-electron chi connectivity index (χ1n) is 6.73. The van der Waals surface area contributed by atoms with Crippen molar-refractivity contribution in [3.63, 3.8) is 0 Å². The maximum atomic E-state index is 5.05. The molecule has 0 saturated heterocycles. The molecule has 0 heterocycles. The number of rotatable bonds is 5. The van der Waals surface area contributed by atoms with Crippen LogP contribution < -0.4 is 5.32 Å². The minimum atomic E-state index is 0.0948. The van der Waals surface area contributed by atoms with Crippen LogP contribution in [0.5, 0.6) is 0 Å². The standard InChI is InChI=1S/C17H23NO/c1-13-5-6-15-10-16(8-7-14(15)9-13)17(2,3)11-18-12-19-4/h5-10,18H,11-12H2,1-4H3. The van der Waals surface area contributed by atoms with Crippen LogP contribution in [0.15, 0.2) is 36.4 Å². The molecule has 102 valence electrons. The maximum absolute atomic E-state index is 5.05. The van der Waals surface area contributed by atoms with Crippen molar-refractivity contribution in [2.45, 2.75) is 26.2 Å². The van der Waals surface area contributed by atoms with Gasteiger partial charge in [-0.3, -0.25) is 5.32 Å². The maximum Gasteiger partial charge on any atom is 0.0961 e. The van der Waals surface area contributed by atoms with Gasteiger partial charge in [0.15, 0.2) is 0 Å². The second-order valence-electron chi connectivity index (χ2n) is 5.81. The van der Waals surface area contributed by atoms with E-state index in [1.165, 1.54) is 21.9 Å². The summed E-state index contributed by atoms with van der Waals surface area (Å²) in [5.41, 5.74) is 2.76. The van der Waals surface area contributed by atoms with Crippen LogP contribution in [0.25, 0.3) is 10.8 Å². The third kappa shape index (κ3) is 3.34. The number of hydrogen-bond acceptors (Lipinski definition) is 2. The molecule has 0 fully saturated rings. The average Bonchev–Trinajstić information content (AvgIpc) is 2.38. The van der Waals surface area contributed by atoms with Crippen LogP contribution in [-0.2, 0) is 10.2 Å². The van der Waals surface area contributed by atoms with Gasteiger partial charge in [-0.2, -0.15) is 0 Å². The normalized spacial score (nSPS) is 12.0. The van der Waals surface area contributed by atoms with E-state index in [1.807, 2.05) is 0 Å². The minimum absolute atomic E-state index is 0.0948. The number of hydrogen-bond donors (Lipinski definition) is 1. The highest BCUT2D eigenvalue weighted by Crippen LogP contribution is 2.26. The molecule has 2 aromatic carbocycles. The van der Waals surface area contributed by atoms with Crippen molar-refractivity contribution in [3.8, 4) is 0 Å². The number of ether oxygens (including phenoxy) is 1. The average molecular weight is 257 g/mol. The fourth-order valence-corrected chi connectivity index (χ4v) is 2.35. The van der Waals surface area contributed by atoms with E-state index >= 15 is 0 Å². The van der Waals surface area contributed by atoms with Gasteiger partial charge in [-0.15, -0.1) is 0 Å². The first-order chi connectivity index (χ1) is 9.03. The highest BCUT2D eigenvalue weighted by molar-refractivity contribution is 5.84. The number of aryl methyl sites for hydroxylation is 1. The molecule has 1 N–H and O–H groups in total. The predicted molar refractivity (Wildman–Crippen MR) is 81.6 cm³/mol. The van der Waals surface area contributed by atoms with Gasteiger partial charge in [-0.05, 0) is 23.3 Å². The number of nitrogens with one attached hydrogen (secondary N) is 1. The van der Waals surface area contributed by atoms with Crippen molar-refractivity contribution < 1.29 is 4.74 Å². The van der Waals surface area contributed by atoms with Gasteiger partial charge in [0.1, 0.15) is 0 Å². The molecule has 0 atom stereocenters. The molecule has 0 aromatic heterocycles. The quantitative estimate of drug-likeness (QED) is 0.652. The second-order valence-corrected chi connectivity index (χ2v) is 5.81. The molecule has 2 heteroatoms. The van der Waals surface area contributed by atoms with Crippen molar-refractivity contribution in [1.29, 1.82) is 0 Å². The molecule has 0 aliphatic rings. The Hall–Kier alpha value is -1.38. The molecular formula is C17H23NO. The Morgan fingerprint density at radius 1 is 1.05 bits per heavy atom. The van der Waals surface area contributed by atoms with E-state index in [-0.39, 0.29) is 5.41 Å². The molecule has 0 spiro atoms. The number of benzene rings is 2. The van der Waals surface area contributed by atoms with E-state index in [0.29, 0.717) is 6.73 Å². The van der Waals surface area contributed by atoms with E-state index in [1.54, 1.807) is 7.11 Å². The first kappa shape index (κ1) is 14.0. The minimum Gasteiger partial charge on any atom is -0.370 e. The Morgan fingerprint density at radius 3 is 2.47 bits per heavy atom. The Morgan fingerprint density at radius 2 is 1.74 bits per heavy atom. The van der Waals surface area contributed by atoms with Gasteiger partial charge in [0, 0.05) is 19.1 Å². The van der Waals surface area contributed by atoms with E-state index < -0.39 is 0 Å². The molecule has 0 radical (unpaired) electrons. The van der Waals surface area contributed by atoms with Crippen LogP contribution in [0.4, 0.5) is 0 Å². The molecular weight excluding hydrogens is 234 g/mol. The lowest BCUT2D eigenvalue weighted by Gasteiger charge is -2.26. The van der Waals surface area contributed by atoms with Crippen molar-refractivity contribution in [3.05, 3.63) is 47.5 Å². The molecule has 0 saturated carbocycles. The van der Waals surface area contributed by atoms with Gasteiger partial charge in [0.05, 0.1) is 6.73 Å². The van der Waals surface area contributed by atoms with Crippen molar-refractivity contribution in [2.24, 2.45) is 0 Å². The van der Waals surface area contributed by atoms with Crippen molar-refractivity contribution in [2.75, 3.05) is 20.4 Å². The van der Waals surface area contributed by atoms with Crippen LogP contribution >= 0.6 is 0 Å². The summed E-state index contributed by atoms with van der Waals surface area (Å²) in [7, 11) is 1.71. The monoisotopic (exact) mass is 257 g/mol. The van der Waals surface area contributed by atoms with Gasteiger partial charge in [0.25, 0.3) is 0 Å². The molecule has 0 aliphatic carbocycles. The third-order valence-corrected chi connectivity index (χ3v) is 3.59. The number of methoxy groups -OCH3 is 1. The summed E-state index contributed by atoms with van der Waals surface area (Å²) in [5.74, 6) is 0. The molecule has 19 heavy (non-hydrogen) atoms. The van der Waals surface area contributed by atoms with Gasteiger partial charge in [-0.25, -0.2) is 0 Å². The van der Waals surface area contributed by atoms with Crippen LogP contribution in [0.1, 0.15) is 25.0 Å². The van der Waals surface area contributed by atoms with Crippen LogP contribution in [0, 0.1) is 6.92 Å². The van der Waals surface area contributed by atoms with Crippen molar-refractivity contribution in [1.82, 2.24) is 5.32 Å². The Bertz CT molecular complexity index is 560.